The fraction of sp³-hybridized carbons (Fsp3) is 0.600. The van der Waals surface area contributed by atoms with Crippen LogP contribution in [0.3, 0.4) is 0 Å². The van der Waals surface area contributed by atoms with Gasteiger partial charge in [0.05, 0.1) is 6.04 Å². The lowest BCUT2D eigenvalue weighted by atomic mass is 10.1. The summed E-state index contributed by atoms with van der Waals surface area (Å²) in [7, 11) is 0. The fourth-order valence-corrected chi connectivity index (χ4v) is 1.72. The number of likely N-dealkylation sites (tertiary alicyclic amines) is 1. The van der Waals surface area contributed by atoms with E-state index in [-0.39, 0.29) is 0 Å². The van der Waals surface area contributed by atoms with E-state index >= 15 is 0 Å². The number of anilines is 1. The molecule has 0 bridgehead atoms. The molecule has 0 aliphatic carbocycles. The van der Waals surface area contributed by atoms with Crippen LogP contribution in [0.5, 0.6) is 0 Å². The molecule has 4 heteroatoms. The largest absolute Gasteiger partial charge is 0.349 e. The summed E-state index contributed by atoms with van der Waals surface area (Å²) in [5.41, 5.74) is 0. The third-order valence-corrected chi connectivity index (χ3v) is 2.40. The molecule has 4 nitrogen and oxygen atoms in total. The van der Waals surface area contributed by atoms with Crippen LogP contribution in [0.15, 0.2) is 18.5 Å². The Morgan fingerprint density at radius 1 is 1.43 bits per heavy atom. The lowest BCUT2D eigenvalue weighted by molar-refractivity contribution is 0.162. The van der Waals surface area contributed by atoms with Gasteiger partial charge in [-0.25, -0.2) is 9.97 Å². The van der Waals surface area contributed by atoms with Gasteiger partial charge in [0.2, 0.25) is 5.95 Å². The van der Waals surface area contributed by atoms with Gasteiger partial charge in [-0.15, -0.1) is 0 Å². The Hall–Kier alpha value is -1.16. The lowest BCUT2D eigenvalue weighted by Crippen LogP contribution is -2.54. The first-order valence-corrected chi connectivity index (χ1v) is 5.14. The van der Waals surface area contributed by atoms with Crippen molar-refractivity contribution in [1.29, 1.82) is 0 Å². The molecule has 0 atom stereocenters. The number of aromatic nitrogens is 2. The minimum atomic E-state index is 0.531. The molecular weight excluding hydrogens is 176 g/mol. The van der Waals surface area contributed by atoms with Crippen LogP contribution in [0.25, 0.3) is 0 Å². The predicted octanol–water partition coefficient (Wildman–Crippen LogP) is 0.983. The van der Waals surface area contributed by atoms with Gasteiger partial charge >= 0.3 is 0 Å². The molecule has 0 unspecified atom stereocenters. The van der Waals surface area contributed by atoms with Crippen molar-refractivity contribution in [3.63, 3.8) is 0 Å². The summed E-state index contributed by atoms with van der Waals surface area (Å²) in [6.45, 7) is 5.65. The second kappa shape index (κ2) is 4.37. The number of nitrogens with zero attached hydrogens (tertiary/aromatic N) is 3. The molecule has 0 saturated carbocycles. The Morgan fingerprint density at radius 2 is 2.14 bits per heavy atom. The summed E-state index contributed by atoms with van der Waals surface area (Å²) in [5.74, 6) is 0.744. The number of hydrogen-bond acceptors (Lipinski definition) is 4. The Morgan fingerprint density at radius 3 is 2.79 bits per heavy atom. The van der Waals surface area contributed by atoms with Crippen molar-refractivity contribution >= 4 is 5.95 Å². The minimum Gasteiger partial charge on any atom is -0.349 e. The SMILES string of the molecule is CCCN1CC(Nc2ncccn2)C1. The molecule has 2 heterocycles. The quantitative estimate of drug-likeness (QED) is 0.772. The van der Waals surface area contributed by atoms with E-state index in [4.69, 9.17) is 0 Å². The molecule has 14 heavy (non-hydrogen) atoms. The van der Waals surface area contributed by atoms with Crippen LogP contribution in [0, 0.1) is 0 Å². The Balaban J connectivity index is 1.74. The van der Waals surface area contributed by atoms with Crippen LogP contribution >= 0.6 is 0 Å². The highest BCUT2D eigenvalue weighted by Gasteiger charge is 2.25. The molecule has 0 radical (unpaired) electrons. The van der Waals surface area contributed by atoms with Crippen LogP contribution in [-0.2, 0) is 0 Å². The third-order valence-electron chi connectivity index (χ3n) is 2.40. The van der Waals surface area contributed by atoms with E-state index in [2.05, 4.69) is 27.1 Å². The van der Waals surface area contributed by atoms with Crippen molar-refractivity contribution in [2.75, 3.05) is 25.0 Å². The van der Waals surface area contributed by atoms with Crippen LogP contribution in [-0.4, -0.2) is 40.5 Å². The van der Waals surface area contributed by atoms with Gasteiger partial charge in [-0.3, -0.25) is 4.90 Å². The topological polar surface area (TPSA) is 41.0 Å². The molecule has 1 aliphatic heterocycles. The van der Waals surface area contributed by atoms with Crippen molar-refractivity contribution in [2.24, 2.45) is 0 Å². The molecule has 1 aromatic rings. The summed E-state index contributed by atoms with van der Waals surface area (Å²) >= 11 is 0. The van der Waals surface area contributed by atoms with Crippen molar-refractivity contribution in [1.82, 2.24) is 14.9 Å². The van der Waals surface area contributed by atoms with Gasteiger partial charge in [0.1, 0.15) is 0 Å². The zero-order chi connectivity index (χ0) is 9.80. The first kappa shape index (κ1) is 9.40. The third kappa shape index (κ3) is 2.20. The maximum Gasteiger partial charge on any atom is 0.222 e. The molecule has 2 rings (SSSR count). The fourth-order valence-electron chi connectivity index (χ4n) is 1.72. The standard InChI is InChI=1S/C10H16N4/c1-2-6-14-7-9(8-14)13-10-11-4-3-5-12-10/h3-5,9H,2,6-8H2,1H3,(H,11,12,13). The van der Waals surface area contributed by atoms with Crippen LogP contribution in [0.1, 0.15) is 13.3 Å². The molecule has 0 spiro atoms. The molecule has 1 saturated heterocycles. The smallest absolute Gasteiger partial charge is 0.222 e. The van der Waals surface area contributed by atoms with Gasteiger partial charge in [0.25, 0.3) is 0 Å². The van der Waals surface area contributed by atoms with Crippen molar-refractivity contribution in [3.05, 3.63) is 18.5 Å². The summed E-state index contributed by atoms with van der Waals surface area (Å²) in [6, 6.07) is 2.36. The molecular formula is C10H16N4. The van der Waals surface area contributed by atoms with E-state index in [1.54, 1.807) is 12.4 Å². The first-order chi connectivity index (χ1) is 6.88. The second-order valence-corrected chi connectivity index (χ2v) is 3.67. The van der Waals surface area contributed by atoms with E-state index in [1.807, 2.05) is 6.07 Å². The second-order valence-electron chi connectivity index (χ2n) is 3.67. The zero-order valence-corrected chi connectivity index (χ0v) is 8.48. The van der Waals surface area contributed by atoms with Gasteiger partial charge in [0, 0.05) is 25.5 Å². The summed E-state index contributed by atoms with van der Waals surface area (Å²) in [5, 5.41) is 3.30. The zero-order valence-electron chi connectivity index (χ0n) is 8.48. The van der Waals surface area contributed by atoms with Gasteiger partial charge in [-0.05, 0) is 19.0 Å². The summed E-state index contributed by atoms with van der Waals surface area (Å²) in [6.07, 6.45) is 4.75. The number of hydrogen-bond donors (Lipinski definition) is 1. The van der Waals surface area contributed by atoms with E-state index in [0.29, 0.717) is 6.04 Å². The van der Waals surface area contributed by atoms with E-state index in [1.165, 1.54) is 13.0 Å². The molecule has 0 amide bonds. The predicted molar refractivity (Wildman–Crippen MR) is 56.2 cm³/mol. The van der Waals surface area contributed by atoms with Crippen LogP contribution < -0.4 is 5.32 Å². The average molecular weight is 192 g/mol. The highest BCUT2D eigenvalue weighted by atomic mass is 15.3. The van der Waals surface area contributed by atoms with E-state index in [0.717, 1.165) is 19.0 Å². The van der Waals surface area contributed by atoms with E-state index in [9.17, 15) is 0 Å². The Labute approximate surface area is 84.4 Å². The van der Waals surface area contributed by atoms with E-state index < -0.39 is 0 Å². The Bertz CT molecular complexity index is 269. The lowest BCUT2D eigenvalue weighted by Gasteiger charge is -2.39. The van der Waals surface area contributed by atoms with Crippen LogP contribution in [0.4, 0.5) is 5.95 Å². The number of rotatable bonds is 4. The van der Waals surface area contributed by atoms with Crippen LogP contribution in [0.2, 0.25) is 0 Å². The molecule has 1 fully saturated rings. The summed E-state index contributed by atoms with van der Waals surface area (Å²) < 4.78 is 0. The number of nitrogens with one attached hydrogen (secondary N) is 1. The maximum atomic E-state index is 4.13. The van der Waals surface area contributed by atoms with Gasteiger partial charge < -0.3 is 5.32 Å². The molecule has 76 valence electrons. The highest BCUT2D eigenvalue weighted by molar-refractivity contribution is 5.26. The maximum absolute atomic E-state index is 4.13. The molecule has 1 N–H and O–H groups in total. The molecule has 1 aromatic heterocycles. The van der Waals surface area contributed by atoms with Gasteiger partial charge in [0.15, 0.2) is 0 Å². The highest BCUT2D eigenvalue weighted by Crippen LogP contribution is 2.11. The molecule has 1 aliphatic rings. The average Bonchev–Trinajstić information content (AvgIpc) is 2.16. The van der Waals surface area contributed by atoms with Crippen molar-refractivity contribution in [2.45, 2.75) is 19.4 Å². The molecule has 0 aromatic carbocycles. The first-order valence-electron chi connectivity index (χ1n) is 5.14. The normalized spacial score (nSPS) is 17.8. The van der Waals surface area contributed by atoms with Gasteiger partial charge in [-0.2, -0.15) is 0 Å². The summed E-state index contributed by atoms with van der Waals surface area (Å²) in [4.78, 5) is 10.7. The minimum absolute atomic E-state index is 0.531. The monoisotopic (exact) mass is 192 g/mol. The van der Waals surface area contributed by atoms with Crippen molar-refractivity contribution < 1.29 is 0 Å². The van der Waals surface area contributed by atoms with Gasteiger partial charge in [-0.1, -0.05) is 6.92 Å². The van der Waals surface area contributed by atoms with Crippen molar-refractivity contribution in [3.8, 4) is 0 Å². The Kier molecular flexibility index (Phi) is 2.93.